The number of hydrogen-bond donors (Lipinski definition) is 1. The van der Waals surface area contributed by atoms with Crippen LogP contribution in [0.25, 0.3) is 0 Å². The summed E-state index contributed by atoms with van der Waals surface area (Å²) in [6.07, 6.45) is 3.45. The Morgan fingerprint density at radius 3 is 2.39 bits per heavy atom. The Bertz CT molecular complexity index is 937. The molecule has 0 unspecified atom stereocenters. The SMILES string of the molecule is Cc1ccc(S(=O)(=O)CCC(=O)Nc2ccc(N3CCCCC3)c(Cl)c2)cc1. The van der Waals surface area contributed by atoms with E-state index in [-0.39, 0.29) is 23.0 Å². The predicted octanol–water partition coefficient (Wildman–Crippen LogP) is 4.44. The molecule has 1 aliphatic rings. The standard InChI is InChI=1S/C21H25ClN2O3S/c1-16-5-8-18(9-6-16)28(26,27)14-11-21(25)23-17-7-10-20(19(22)15-17)24-12-3-2-4-13-24/h5-10,15H,2-4,11-14H2,1H3,(H,23,25). The first-order valence-electron chi connectivity index (χ1n) is 9.49. The maximum absolute atomic E-state index is 12.4. The first-order chi connectivity index (χ1) is 13.3. The van der Waals surface area contributed by atoms with E-state index in [1.54, 1.807) is 30.3 Å². The Labute approximate surface area is 171 Å². The van der Waals surface area contributed by atoms with Crippen LogP contribution in [0.4, 0.5) is 11.4 Å². The molecule has 5 nitrogen and oxygen atoms in total. The monoisotopic (exact) mass is 420 g/mol. The third-order valence-corrected chi connectivity index (χ3v) is 6.94. The minimum absolute atomic E-state index is 0.109. The van der Waals surface area contributed by atoms with E-state index in [0.717, 1.165) is 37.2 Å². The second kappa shape index (κ2) is 8.97. The molecule has 1 saturated heterocycles. The summed E-state index contributed by atoms with van der Waals surface area (Å²) in [6.45, 7) is 3.87. The number of amides is 1. The minimum Gasteiger partial charge on any atom is -0.370 e. The van der Waals surface area contributed by atoms with Crippen LogP contribution in [0.15, 0.2) is 47.4 Å². The van der Waals surface area contributed by atoms with Gasteiger partial charge in [0.15, 0.2) is 9.84 Å². The average molecular weight is 421 g/mol. The molecule has 1 aliphatic heterocycles. The third-order valence-electron chi connectivity index (χ3n) is 4.91. The van der Waals surface area contributed by atoms with Gasteiger partial charge in [0.25, 0.3) is 0 Å². The Morgan fingerprint density at radius 2 is 1.75 bits per heavy atom. The van der Waals surface area contributed by atoms with E-state index >= 15 is 0 Å². The van der Waals surface area contributed by atoms with Gasteiger partial charge in [-0.3, -0.25) is 4.79 Å². The number of nitrogens with one attached hydrogen (secondary N) is 1. The highest BCUT2D eigenvalue weighted by Crippen LogP contribution is 2.30. The van der Waals surface area contributed by atoms with Crippen LogP contribution in [0.5, 0.6) is 0 Å². The Hall–Kier alpha value is -2.05. The van der Waals surface area contributed by atoms with Crippen LogP contribution in [0.2, 0.25) is 5.02 Å². The highest BCUT2D eigenvalue weighted by Gasteiger charge is 2.17. The smallest absolute Gasteiger partial charge is 0.225 e. The molecular formula is C21H25ClN2O3S. The predicted molar refractivity (Wildman–Crippen MR) is 114 cm³/mol. The van der Waals surface area contributed by atoms with Gasteiger partial charge in [0, 0.05) is 25.2 Å². The number of anilines is 2. The number of nitrogens with zero attached hydrogens (tertiary/aromatic N) is 1. The van der Waals surface area contributed by atoms with Crippen LogP contribution in [0, 0.1) is 6.92 Å². The zero-order chi connectivity index (χ0) is 20.1. The molecule has 2 aromatic rings. The number of piperidine rings is 1. The quantitative estimate of drug-likeness (QED) is 0.750. The van der Waals surface area contributed by atoms with Gasteiger partial charge in [0.2, 0.25) is 5.91 Å². The maximum atomic E-state index is 12.4. The van der Waals surface area contributed by atoms with Crippen molar-refractivity contribution in [2.75, 3.05) is 29.1 Å². The highest BCUT2D eigenvalue weighted by molar-refractivity contribution is 7.91. The highest BCUT2D eigenvalue weighted by atomic mass is 35.5. The summed E-state index contributed by atoms with van der Waals surface area (Å²) in [7, 11) is -3.49. The Balaban J connectivity index is 1.58. The molecule has 150 valence electrons. The van der Waals surface area contributed by atoms with E-state index in [1.807, 2.05) is 19.1 Å². The van der Waals surface area contributed by atoms with Crippen molar-refractivity contribution in [3.8, 4) is 0 Å². The van der Waals surface area contributed by atoms with Crippen LogP contribution in [0.1, 0.15) is 31.2 Å². The normalized spacial score (nSPS) is 14.7. The maximum Gasteiger partial charge on any atom is 0.225 e. The topological polar surface area (TPSA) is 66.5 Å². The fourth-order valence-corrected chi connectivity index (χ4v) is 4.83. The van der Waals surface area contributed by atoms with Crippen molar-refractivity contribution >= 4 is 38.7 Å². The van der Waals surface area contributed by atoms with E-state index in [2.05, 4.69) is 10.2 Å². The largest absolute Gasteiger partial charge is 0.370 e. The molecule has 2 aromatic carbocycles. The van der Waals surface area contributed by atoms with E-state index in [4.69, 9.17) is 11.6 Å². The number of carbonyl (C=O) groups excluding carboxylic acids is 1. The molecule has 7 heteroatoms. The molecule has 0 aromatic heterocycles. The molecule has 3 rings (SSSR count). The van der Waals surface area contributed by atoms with Crippen LogP contribution in [-0.2, 0) is 14.6 Å². The number of sulfone groups is 1. The zero-order valence-corrected chi connectivity index (χ0v) is 17.5. The zero-order valence-electron chi connectivity index (χ0n) is 15.9. The van der Waals surface area contributed by atoms with E-state index in [9.17, 15) is 13.2 Å². The molecule has 1 amide bonds. The molecular weight excluding hydrogens is 396 g/mol. The van der Waals surface area contributed by atoms with Gasteiger partial charge in [-0.25, -0.2) is 8.42 Å². The first-order valence-corrected chi connectivity index (χ1v) is 11.5. The Kier molecular flexibility index (Phi) is 6.62. The van der Waals surface area contributed by atoms with Crippen molar-refractivity contribution in [2.45, 2.75) is 37.5 Å². The summed E-state index contributed by atoms with van der Waals surface area (Å²) in [5.74, 6) is -0.584. The van der Waals surface area contributed by atoms with Crippen molar-refractivity contribution in [3.63, 3.8) is 0 Å². The summed E-state index contributed by atoms with van der Waals surface area (Å²) in [5, 5.41) is 3.33. The lowest BCUT2D eigenvalue weighted by Gasteiger charge is -2.29. The second-order valence-electron chi connectivity index (χ2n) is 7.14. The van der Waals surface area contributed by atoms with Crippen LogP contribution >= 0.6 is 11.6 Å². The molecule has 0 atom stereocenters. The average Bonchev–Trinajstić information content (AvgIpc) is 2.68. The van der Waals surface area contributed by atoms with Gasteiger partial charge in [-0.05, 0) is 56.5 Å². The first kappa shape index (κ1) is 20.7. The van der Waals surface area contributed by atoms with Crippen molar-refractivity contribution in [3.05, 3.63) is 53.1 Å². The number of benzene rings is 2. The van der Waals surface area contributed by atoms with Crippen molar-refractivity contribution in [2.24, 2.45) is 0 Å². The molecule has 0 radical (unpaired) electrons. The number of aryl methyl sites for hydroxylation is 1. The lowest BCUT2D eigenvalue weighted by Crippen LogP contribution is -2.29. The number of halogens is 1. The van der Waals surface area contributed by atoms with Gasteiger partial charge < -0.3 is 10.2 Å². The molecule has 0 saturated carbocycles. The van der Waals surface area contributed by atoms with E-state index < -0.39 is 9.84 Å². The molecule has 1 N–H and O–H groups in total. The summed E-state index contributed by atoms with van der Waals surface area (Å²) in [5.41, 5.74) is 2.53. The Morgan fingerprint density at radius 1 is 1.07 bits per heavy atom. The van der Waals surface area contributed by atoms with Gasteiger partial charge in [-0.15, -0.1) is 0 Å². The number of rotatable bonds is 6. The fraction of sp³-hybridized carbons (Fsp3) is 0.381. The molecule has 28 heavy (non-hydrogen) atoms. The lowest BCUT2D eigenvalue weighted by atomic mass is 10.1. The van der Waals surface area contributed by atoms with Gasteiger partial charge in [0.05, 0.1) is 21.4 Å². The van der Waals surface area contributed by atoms with E-state index in [1.165, 1.54) is 6.42 Å². The van der Waals surface area contributed by atoms with Crippen molar-refractivity contribution in [1.29, 1.82) is 0 Å². The number of carbonyl (C=O) groups is 1. The second-order valence-corrected chi connectivity index (χ2v) is 9.66. The third kappa shape index (κ3) is 5.26. The van der Waals surface area contributed by atoms with Crippen LogP contribution < -0.4 is 10.2 Å². The summed E-state index contributed by atoms with van der Waals surface area (Å²) >= 11 is 6.40. The minimum atomic E-state index is -3.49. The van der Waals surface area contributed by atoms with Gasteiger partial charge in [-0.2, -0.15) is 0 Å². The van der Waals surface area contributed by atoms with Crippen molar-refractivity contribution in [1.82, 2.24) is 0 Å². The summed E-state index contributed by atoms with van der Waals surface area (Å²) < 4.78 is 24.7. The van der Waals surface area contributed by atoms with E-state index in [0.29, 0.717) is 10.7 Å². The summed E-state index contributed by atoms with van der Waals surface area (Å²) in [4.78, 5) is 14.7. The molecule has 0 spiro atoms. The fourth-order valence-electron chi connectivity index (χ4n) is 3.29. The molecule has 0 aliphatic carbocycles. The molecule has 1 fully saturated rings. The number of hydrogen-bond acceptors (Lipinski definition) is 4. The van der Waals surface area contributed by atoms with Gasteiger partial charge in [0.1, 0.15) is 0 Å². The van der Waals surface area contributed by atoms with Crippen LogP contribution in [0.3, 0.4) is 0 Å². The molecule has 1 heterocycles. The van der Waals surface area contributed by atoms with Crippen LogP contribution in [-0.4, -0.2) is 33.2 Å². The van der Waals surface area contributed by atoms with Gasteiger partial charge >= 0.3 is 0 Å². The van der Waals surface area contributed by atoms with Gasteiger partial charge in [-0.1, -0.05) is 29.3 Å². The molecule has 0 bridgehead atoms. The lowest BCUT2D eigenvalue weighted by molar-refractivity contribution is -0.115. The van der Waals surface area contributed by atoms with Crippen molar-refractivity contribution < 1.29 is 13.2 Å². The summed E-state index contributed by atoms with van der Waals surface area (Å²) in [6, 6.07) is 12.1.